The minimum atomic E-state index is -0.0675. The van der Waals surface area contributed by atoms with Crippen molar-refractivity contribution in [1.29, 1.82) is 0 Å². The fourth-order valence-electron chi connectivity index (χ4n) is 1.37. The number of methoxy groups -OCH3 is 1. The molecule has 2 aromatic heterocycles. The maximum Gasteiger partial charge on any atom is 0.255 e. The quantitative estimate of drug-likeness (QED) is 0.779. The molecule has 0 N–H and O–H groups in total. The first-order chi connectivity index (χ1) is 6.74. The molecule has 0 saturated carbocycles. The van der Waals surface area contributed by atoms with Gasteiger partial charge in [-0.2, -0.15) is 0 Å². The summed E-state index contributed by atoms with van der Waals surface area (Å²) in [4.78, 5) is 11.5. The Balaban J connectivity index is 2.99. The lowest BCUT2D eigenvalue weighted by atomic mass is 10.3. The summed E-state index contributed by atoms with van der Waals surface area (Å²) in [5.74, 6) is 0.678. The van der Waals surface area contributed by atoms with Crippen LogP contribution in [0.3, 0.4) is 0 Å². The van der Waals surface area contributed by atoms with E-state index in [0.29, 0.717) is 5.75 Å². The van der Waals surface area contributed by atoms with E-state index in [9.17, 15) is 4.79 Å². The second kappa shape index (κ2) is 3.46. The molecular formula is C10H8BrNO2. The zero-order valence-electron chi connectivity index (χ0n) is 7.53. The van der Waals surface area contributed by atoms with Crippen LogP contribution in [-0.4, -0.2) is 11.5 Å². The van der Waals surface area contributed by atoms with E-state index in [2.05, 4.69) is 15.9 Å². The molecule has 0 aliphatic carbocycles. The van der Waals surface area contributed by atoms with Gasteiger partial charge in [0.25, 0.3) is 5.56 Å². The van der Waals surface area contributed by atoms with E-state index in [-0.39, 0.29) is 5.56 Å². The van der Waals surface area contributed by atoms with Crippen molar-refractivity contribution in [2.75, 3.05) is 7.11 Å². The van der Waals surface area contributed by atoms with E-state index in [1.807, 2.05) is 6.07 Å². The summed E-state index contributed by atoms with van der Waals surface area (Å²) in [6, 6.07) is 6.83. The topological polar surface area (TPSA) is 30.7 Å². The molecule has 2 aromatic rings. The first-order valence-corrected chi connectivity index (χ1v) is 4.87. The number of rotatable bonds is 1. The number of fused-ring (bicyclic) bond motifs is 1. The monoisotopic (exact) mass is 253 g/mol. The summed E-state index contributed by atoms with van der Waals surface area (Å²) >= 11 is 3.38. The summed E-state index contributed by atoms with van der Waals surface area (Å²) in [6.45, 7) is 0. The van der Waals surface area contributed by atoms with Gasteiger partial charge in [0, 0.05) is 16.7 Å². The van der Waals surface area contributed by atoms with Crippen LogP contribution >= 0.6 is 15.9 Å². The van der Waals surface area contributed by atoms with E-state index in [1.54, 1.807) is 29.8 Å². The molecule has 2 heterocycles. The van der Waals surface area contributed by atoms with Crippen LogP contribution in [0.5, 0.6) is 5.75 Å². The van der Waals surface area contributed by atoms with Gasteiger partial charge in [-0.3, -0.25) is 9.20 Å². The van der Waals surface area contributed by atoms with Gasteiger partial charge in [0.1, 0.15) is 11.3 Å². The molecule has 0 aliphatic rings. The van der Waals surface area contributed by atoms with Crippen LogP contribution in [0, 0.1) is 0 Å². The van der Waals surface area contributed by atoms with Gasteiger partial charge in [0.05, 0.1) is 7.11 Å². The van der Waals surface area contributed by atoms with Gasteiger partial charge in [0.2, 0.25) is 0 Å². The predicted molar refractivity (Wildman–Crippen MR) is 57.9 cm³/mol. The van der Waals surface area contributed by atoms with Crippen LogP contribution in [0.4, 0.5) is 0 Å². The van der Waals surface area contributed by atoms with Crippen molar-refractivity contribution in [1.82, 2.24) is 4.40 Å². The standard InChI is InChI=1S/C10H8BrNO2/c1-14-8-3-2-6-12-9(13)5-4-7(11)10(8)12/h2-6H,1H3. The number of halogens is 1. The number of pyridine rings is 2. The second-order valence-corrected chi connectivity index (χ2v) is 3.67. The Morgan fingerprint density at radius 2 is 2.14 bits per heavy atom. The molecule has 0 amide bonds. The molecule has 0 radical (unpaired) electrons. The van der Waals surface area contributed by atoms with Crippen LogP contribution in [0.15, 0.2) is 39.7 Å². The number of hydrogen-bond donors (Lipinski definition) is 0. The first kappa shape index (κ1) is 9.27. The Kier molecular flexibility index (Phi) is 2.29. The van der Waals surface area contributed by atoms with Gasteiger partial charge >= 0.3 is 0 Å². The first-order valence-electron chi connectivity index (χ1n) is 4.08. The van der Waals surface area contributed by atoms with Crippen LogP contribution in [-0.2, 0) is 0 Å². The highest BCUT2D eigenvalue weighted by atomic mass is 79.9. The molecular weight excluding hydrogens is 246 g/mol. The maximum atomic E-state index is 11.5. The van der Waals surface area contributed by atoms with E-state index in [4.69, 9.17) is 4.74 Å². The highest BCUT2D eigenvalue weighted by Gasteiger charge is 2.05. The summed E-state index contributed by atoms with van der Waals surface area (Å²) in [5.41, 5.74) is 0.685. The lowest BCUT2D eigenvalue weighted by Crippen LogP contribution is -2.11. The highest BCUT2D eigenvalue weighted by molar-refractivity contribution is 9.10. The third-order valence-corrected chi connectivity index (χ3v) is 2.65. The van der Waals surface area contributed by atoms with Crippen LogP contribution in [0.25, 0.3) is 5.52 Å². The molecule has 0 atom stereocenters. The minimum Gasteiger partial charge on any atom is -0.495 e. The molecule has 0 spiro atoms. The largest absolute Gasteiger partial charge is 0.495 e. The van der Waals surface area contributed by atoms with E-state index in [0.717, 1.165) is 9.99 Å². The molecule has 2 rings (SSSR count). The lowest BCUT2D eigenvalue weighted by molar-refractivity contribution is 0.417. The molecule has 0 unspecified atom stereocenters. The molecule has 3 nitrogen and oxygen atoms in total. The SMILES string of the molecule is COc1cccn2c(=O)ccc(Br)c12. The Morgan fingerprint density at radius 3 is 2.86 bits per heavy atom. The molecule has 72 valence electrons. The van der Waals surface area contributed by atoms with Crippen molar-refractivity contribution in [3.63, 3.8) is 0 Å². The van der Waals surface area contributed by atoms with Gasteiger partial charge in [-0.05, 0) is 34.1 Å². The van der Waals surface area contributed by atoms with Crippen LogP contribution < -0.4 is 10.3 Å². The Morgan fingerprint density at radius 1 is 1.36 bits per heavy atom. The van der Waals surface area contributed by atoms with Gasteiger partial charge in [-0.25, -0.2) is 0 Å². The predicted octanol–water partition coefficient (Wildman–Crippen LogP) is 2.07. The third kappa shape index (κ3) is 1.32. The fraction of sp³-hybridized carbons (Fsp3) is 0.100. The van der Waals surface area contributed by atoms with Gasteiger partial charge in [-0.15, -0.1) is 0 Å². The van der Waals surface area contributed by atoms with E-state index in [1.165, 1.54) is 6.07 Å². The van der Waals surface area contributed by atoms with Crippen molar-refractivity contribution < 1.29 is 4.74 Å². The molecule has 0 aliphatic heterocycles. The molecule has 0 bridgehead atoms. The number of hydrogen-bond acceptors (Lipinski definition) is 2. The molecule has 14 heavy (non-hydrogen) atoms. The van der Waals surface area contributed by atoms with Crippen LogP contribution in [0.1, 0.15) is 0 Å². The average molecular weight is 254 g/mol. The van der Waals surface area contributed by atoms with Crippen molar-refractivity contribution in [3.8, 4) is 5.75 Å². The Hall–Kier alpha value is -1.29. The van der Waals surface area contributed by atoms with Crippen molar-refractivity contribution >= 4 is 21.4 Å². The fourth-order valence-corrected chi connectivity index (χ4v) is 1.89. The van der Waals surface area contributed by atoms with Crippen molar-refractivity contribution in [2.24, 2.45) is 0 Å². The highest BCUT2D eigenvalue weighted by Crippen LogP contribution is 2.25. The van der Waals surface area contributed by atoms with E-state index >= 15 is 0 Å². The van der Waals surface area contributed by atoms with Crippen LogP contribution in [0.2, 0.25) is 0 Å². The molecule has 4 heteroatoms. The smallest absolute Gasteiger partial charge is 0.255 e. The van der Waals surface area contributed by atoms with Gasteiger partial charge in [0.15, 0.2) is 0 Å². The van der Waals surface area contributed by atoms with Crippen molar-refractivity contribution in [2.45, 2.75) is 0 Å². The average Bonchev–Trinajstić information content (AvgIpc) is 2.23. The lowest BCUT2D eigenvalue weighted by Gasteiger charge is -2.07. The normalized spacial score (nSPS) is 10.4. The molecule has 0 saturated heterocycles. The van der Waals surface area contributed by atoms with Crippen molar-refractivity contribution in [3.05, 3.63) is 45.3 Å². The summed E-state index contributed by atoms with van der Waals surface area (Å²) < 4.78 is 7.56. The minimum absolute atomic E-state index is 0.0675. The van der Waals surface area contributed by atoms with Gasteiger partial charge in [-0.1, -0.05) is 0 Å². The Bertz CT molecular complexity index is 533. The number of aromatic nitrogens is 1. The second-order valence-electron chi connectivity index (χ2n) is 2.81. The van der Waals surface area contributed by atoms with E-state index < -0.39 is 0 Å². The molecule has 0 aromatic carbocycles. The third-order valence-electron chi connectivity index (χ3n) is 2.01. The zero-order chi connectivity index (χ0) is 10.1. The molecule has 0 fully saturated rings. The zero-order valence-corrected chi connectivity index (χ0v) is 9.11. The Labute approximate surface area is 89.1 Å². The van der Waals surface area contributed by atoms with Gasteiger partial charge < -0.3 is 4.74 Å². The summed E-state index contributed by atoms with van der Waals surface area (Å²) in [5, 5.41) is 0. The summed E-state index contributed by atoms with van der Waals surface area (Å²) in [6.07, 6.45) is 1.71. The summed E-state index contributed by atoms with van der Waals surface area (Å²) in [7, 11) is 1.58. The number of nitrogens with zero attached hydrogens (tertiary/aromatic N) is 1. The maximum absolute atomic E-state index is 11.5. The number of ether oxygens (including phenoxy) is 1.